The van der Waals surface area contributed by atoms with E-state index in [0.29, 0.717) is 50.4 Å². The Morgan fingerprint density at radius 2 is 1.39 bits per heavy atom. The van der Waals surface area contributed by atoms with Crippen molar-refractivity contribution in [3.63, 3.8) is 0 Å². The Morgan fingerprint density at radius 3 is 2.04 bits per heavy atom. The molecule has 16 heteroatoms. The van der Waals surface area contributed by atoms with Gasteiger partial charge >= 0.3 is 5.97 Å². The smallest absolute Gasteiger partial charge is 0.341 e. The fourth-order valence-corrected chi connectivity index (χ4v) is 12.8. The summed E-state index contributed by atoms with van der Waals surface area (Å²) >= 11 is 0. The minimum atomic E-state index is -3.98. The Hall–Kier alpha value is -3.64. The first-order valence-corrected chi connectivity index (χ1v) is 23.3. The van der Waals surface area contributed by atoms with E-state index in [9.17, 15) is 35.2 Å². The summed E-state index contributed by atoms with van der Waals surface area (Å²) in [7, 11) is -11.7. The molecule has 0 radical (unpaired) electrons. The number of ether oxygens (including phenoxy) is 2. The Kier molecular flexibility index (Phi) is 11.6. The summed E-state index contributed by atoms with van der Waals surface area (Å²) in [5.41, 5.74) is 3.17. The zero-order valence-corrected chi connectivity index (χ0v) is 34.1. The average Bonchev–Trinajstić information content (AvgIpc) is 3.19. The van der Waals surface area contributed by atoms with Gasteiger partial charge in [0.25, 0.3) is 0 Å². The summed E-state index contributed by atoms with van der Waals surface area (Å²) in [6.45, 7) is 9.21. The second kappa shape index (κ2) is 16.0. The summed E-state index contributed by atoms with van der Waals surface area (Å²) in [6, 6.07) is 17.6. The Bertz CT molecular complexity index is 2310. The van der Waals surface area contributed by atoms with Crippen molar-refractivity contribution in [1.29, 1.82) is 0 Å². The van der Waals surface area contributed by atoms with Gasteiger partial charge in [0.1, 0.15) is 5.75 Å². The summed E-state index contributed by atoms with van der Waals surface area (Å²) in [4.78, 5) is 11.6. The standard InChI is InChI=1S/C40H49N3O10S3/c1-27(2)35-22-31-25-43(55(48,49)33-10-8-32(9-11-33)54(46,47)41-18-14-28(3)15-19-41)21-17-37(31)53-40(35)36-23-34(12-13-38(36)52-26-39(44)45)56(50,51)42-20-16-29-6-4-5-7-30(29)24-42/h4-13,23,28,31,35,37,40H,1,14-22,24-26H2,2-3H3,(H,44,45)/t31-,35-,37+,40+/m1/s1. The molecule has 56 heavy (non-hydrogen) atoms. The molecular weight excluding hydrogens is 779 g/mol. The second-order valence-corrected chi connectivity index (χ2v) is 21.3. The summed E-state index contributed by atoms with van der Waals surface area (Å²) < 4.78 is 99.4. The van der Waals surface area contributed by atoms with E-state index in [-0.39, 0.29) is 51.9 Å². The van der Waals surface area contributed by atoms with Gasteiger partial charge in [-0.25, -0.2) is 30.0 Å². The molecule has 0 saturated carbocycles. The van der Waals surface area contributed by atoms with Crippen LogP contribution in [0.2, 0.25) is 0 Å². The van der Waals surface area contributed by atoms with Crippen molar-refractivity contribution in [2.24, 2.45) is 17.8 Å². The molecule has 4 aliphatic rings. The van der Waals surface area contributed by atoms with Crippen LogP contribution in [0.5, 0.6) is 5.75 Å². The van der Waals surface area contributed by atoms with E-state index >= 15 is 0 Å². The van der Waals surface area contributed by atoms with Gasteiger partial charge in [-0.15, -0.1) is 0 Å². The van der Waals surface area contributed by atoms with E-state index < -0.39 is 54.9 Å². The zero-order valence-electron chi connectivity index (χ0n) is 31.6. The maximum absolute atomic E-state index is 14.1. The molecule has 0 aliphatic carbocycles. The summed E-state index contributed by atoms with van der Waals surface area (Å²) in [5.74, 6) is -1.17. The van der Waals surface area contributed by atoms with Crippen molar-refractivity contribution in [2.45, 2.75) is 79.4 Å². The number of hydrogen-bond acceptors (Lipinski definition) is 9. The maximum Gasteiger partial charge on any atom is 0.341 e. The number of hydrogen-bond donors (Lipinski definition) is 1. The third kappa shape index (κ3) is 8.06. The van der Waals surface area contributed by atoms with Crippen LogP contribution in [-0.2, 0) is 52.6 Å². The third-order valence-electron chi connectivity index (χ3n) is 11.7. The van der Waals surface area contributed by atoms with Crippen LogP contribution >= 0.6 is 0 Å². The number of carboxylic acid groups (broad SMARTS) is 1. The van der Waals surface area contributed by atoms with Crippen molar-refractivity contribution in [3.8, 4) is 5.75 Å². The first kappa shape index (κ1) is 40.6. The van der Waals surface area contributed by atoms with Crippen molar-refractivity contribution < 1.29 is 44.6 Å². The first-order valence-electron chi connectivity index (χ1n) is 19.0. The minimum absolute atomic E-state index is 0.00339. The molecule has 3 saturated heterocycles. The van der Waals surface area contributed by atoms with Crippen LogP contribution in [0, 0.1) is 17.8 Å². The highest BCUT2D eigenvalue weighted by atomic mass is 32.2. The van der Waals surface area contributed by atoms with Crippen molar-refractivity contribution in [1.82, 2.24) is 12.9 Å². The second-order valence-electron chi connectivity index (χ2n) is 15.5. The molecule has 13 nitrogen and oxygen atoms in total. The SMILES string of the molecule is C=C(C)[C@H]1C[C@@H]2CN(S(=O)(=O)c3ccc(S(=O)(=O)N4CCC(C)CC4)cc3)CC[C@@H]2O[C@@H]1c1cc(S(=O)(=O)N2CCc3ccccc3C2)ccc1OCC(=O)O. The Morgan fingerprint density at radius 1 is 0.804 bits per heavy atom. The molecule has 4 aliphatic heterocycles. The first-order chi connectivity index (χ1) is 26.5. The number of piperidine rings is 2. The van der Waals surface area contributed by atoms with Crippen LogP contribution in [0.25, 0.3) is 0 Å². The summed E-state index contributed by atoms with van der Waals surface area (Å²) in [5, 5.41) is 9.43. The lowest BCUT2D eigenvalue weighted by Crippen LogP contribution is -2.50. The molecule has 4 heterocycles. The van der Waals surface area contributed by atoms with Gasteiger partial charge in [0.2, 0.25) is 30.1 Å². The predicted molar refractivity (Wildman–Crippen MR) is 208 cm³/mol. The quantitative estimate of drug-likeness (QED) is 0.259. The molecule has 1 N–H and O–H groups in total. The largest absolute Gasteiger partial charge is 0.482 e. The molecule has 3 aromatic carbocycles. The molecule has 302 valence electrons. The van der Waals surface area contributed by atoms with Crippen molar-refractivity contribution in [2.75, 3.05) is 39.3 Å². The highest BCUT2D eigenvalue weighted by molar-refractivity contribution is 7.89. The van der Waals surface area contributed by atoms with Gasteiger partial charge in [0.05, 0.1) is 26.9 Å². The number of carbonyl (C=O) groups is 1. The third-order valence-corrected chi connectivity index (χ3v) is 17.4. The number of sulfonamides is 3. The maximum atomic E-state index is 14.1. The van der Waals surface area contributed by atoms with E-state index in [0.717, 1.165) is 29.5 Å². The fourth-order valence-electron chi connectivity index (χ4n) is 8.40. The number of nitrogens with zero attached hydrogens (tertiary/aromatic N) is 3. The van der Waals surface area contributed by atoms with Gasteiger partial charge in [-0.1, -0.05) is 43.3 Å². The normalized spacial score (nSPS) is 24.5. The summed E-state index contributed by atoms with van der Waals surface area (Å²) in [6.07, 6.45) is 1.82. The Balaban J connectivity index is 1.11. The molecule has 0 amide bonds. The number of carboxylic acids is 1. The van der Waals surface area contributed by atoms with E-state index in [4.69, 9.17) is 9.47 Å². The molecule has 3 aromatic rings. The highest BCUT2D eigenvalue weighted by Crippen LogP contribution is 2.48. The van der Waals surface area contributed by atoms with Crippen LogP contribution in [0.4, 0.5) is 0 Å². The van der Waals surface area contributed by atoms with Gasteiger partial charge in [-0.3, -0.25) is 0 Å². The lowest BCUT2D eigenvalue weighted by Gasteiger charge is -2.47. The lowest BCUT2D eigenvalue weighted by atomic mass is 9.76. The van der Waals surface area contributed by atoms with E-state index in [1.165, 1.54) is 55.4 Å². The van der Waals surface area contributed by atoms with Crippen LogP contribution < -0.4 is 4.74 Å². The van der Waals surface area contributed by atoms with E-state index in [1.807, 2.05) is 31.2 Å². The van der Waals surface area contributed by atoms with Gasteiger partial charge in [0.15, 0.2) is 6.61 Å². The predicted octanol–water partition coefficient (Wildman–Crippen LogP) is 5.05. The van der Waals surface area contributed by atoms with Gasteiger partial charge in [0, 0.05) is 50.7 Å². The molecular formula is C40H49N3O10S3. The minimum Gasteiger partial charge on any atom is -0.482 e. The van der Waals surface area contributed by atoms with Gasteiger partial charge < -0.3 is 14.6 Å². The number of aliphatic carboxylic acids is 1. The highest BCUT2D eigenvalue weighted by Gasteiger charge is 2.45. The topological polar surface area (TPSA) is 168 Å². The van der Waals surface area contributed by atoms with Gasteiger partial charge in [-0.2, -0.15) is 12.9 Å². The van der Waals surface area contributed by atoms with Crippen molar-refractivity contribution in [3.05, 3.63) is 95.6 Å². The molecule has 4 atom stereocenters. The lowest BCUT2D eigenvalue weighted by molar-refractivity contribution is -0.139. The van der Waals surface area contributed by atoms with E-state index in [1.54, 1.807) is 0 Å². The number of benzene rings is 3. The van der Waals surface area contributed by atoms with E-state index in [2.05, 4.69) is 13.5 Å². The molecule has 3 fully saturated rings. The number of rotatable bonds is 11. The van der Waals surface area contributed by atoms with Crippen LogP contribution in [-0.4, -0.2) is 94.7 Å². The molecule has 7 rings (SSSR count). The molecule has 0 bridgehead atoms. The van der Waals surface area contributed by atoms with Crippen molar-refractivity contribution >= 4 is 36.0 Å². The van der Waals surface area contributed by atoms with Crippen LogP contribution in [0.15, 0.2) is 93.6 Å². The average molecular weight is 828 g/mol. The Labute approximate surface area is 330 Å². The number of fused-ring (bicyclic) bond motifs is 2. The van der Waals surface area contributed by atoms with Crippen LogP contribution in [0.1, 0.15) is 62.3 Å². The monoisotopic (exact) mass is 827 g/mol. The van der Waals surface area contributed by atoms with Crippen LogP contribution in [0.3, 0.4) is 0 Å². The fraction of sp³-hybridized carbons (Fsp3) is 0.475. The van der Waals surface area contributed by atoms with Gasteiger partial charge in [-0.05, 0) is 104 Å². The molecule has 0 unspecified atom stereocenters. The molecule has 0 aromatic heterocycles. The zero-order chi connectivity index (χ0) is 40.0. The molecule has 0 spiro atoms.